The van der Waals surface area contributed by atoms with Crippen LogP contribution in [0.2, 0.25) is 0 Å². The lowest BCUT2D eigenvalue weighted by Gasteiger charge is -2.39. The quantitative estimate of drug-likeness (QED) is 0.200. The molecule has 4 aromatic rings. The summed E-state index contributed by atoms with van der Waals surface area (Å²) in [5.41, 5.74) is -5.58. The summed E-state index contributed by atoms with van der Waals surface area (Å²) in [5.74, 6) is 0. The number of hydrogen-bond donors (Lipinski definition) is 0. The Labute approximate surface area is 216 Å². The van der Waals surface area contributed by atoms with Gasteiger partial charge in [-0.15, -0.1) is 0 Å². The fourth-order valence-electron chi connectivity index (χ4n) is 3.26. The lowest BCUT2D eigenvalue weighted by molar-refractivity contribution is -0.0496. The Kier molecular flexibility index (Phi) is 7.68. The van der Waals surface area contributed by atoms with Crippen LogP contribution in [0.15, 0.2) is 138 Å². The van der Waals surface area contributed by atoms with Gasteiger partial charge < -0.3 is 0 Å². The minimum Gasteiger partial charge on any atom is -0.200 e. The molecule has 0 aliphatic heterocycles. The van der Waals surface area contributed by atoms with E-state index in [2.05, 4.69) is 15.9 Å². The minimum absolute atomic E-state index is 0.322. The van der Waals surface area contributed by atoms with Gasteiger partial charge in [-0.05, 0) is 83.1 Å². The summed E-state index contributed by atoms with van der Waals surface area (Å²) in [6.45, 7) is 0. The van der Waals surface area contributed by atoms with Crippen molar-refractivity contribution in [3.05, 3.63) is 114 Å². The first-order chi connectivity index (χ1) is 16.6. The number of hydrogen-bond acceptors (Lipinski definition) is 4. The molecule has 0 atom stereocenters. The molecule has 4 rings (SSSR count). The molecular weight excluding hydrogens is 581 g/mol. The molecule has 0 saturated carbocycles. The van der Waals surface area contributed by atoms with Gasteiger partial charge in [0.15, 0.2) is 0 Å². The van der Waals surface area contributed by atoms with Crippen molar-refractivity contribution in [2.75, 3.05) is 0 Å². The van der Waals surface area contributed by atoms with Gasteiger partial charge in [-0.3, -0.25) is 0 Å². The first kappa shape index (κ1) is 25.8. The van der Waals surface area contributed by atoms with Crippen molar-refractivity contribution in [3.8, 4) is 0 Å². The summed E-state index contributed by atoms with van der Waals surface area (Å²) in [6, 6.07) is 30.7. The second kappa shape index (κ2) is 10.4. The molecule has 0 aliphatic rings. The van der Waals surface area contributed by atoms with Crippen LogP contribution in [0.5, 0.6) is 0 Å². The Morgan fingerprint density at radius 2 is 1.03 bits per heavy atom. The van der Waals surface area contributed by atoms with E-state index in [-0.39, 0.29) is 0 Å². The lowest BCUT2D eigenvalue weighted by atomic mass is 10.3. The topological polar surface area (TPSA) is 43.4 Å². The Balaban J connectivity index is 1.87. The van der Waals surface area contributed by atoms with E-state index in [1.165, 1.54) is 11.8 Å². The molecule has 0 spiro atoms. The number of alkyl halides is 3. The van der Waals surface area contributed by atoms with Crippen LogP contribution in [-0.2, 0) is 13.7 Å². The summed E-state index contributed by atoms with van der Waals surface area (Å²) >= 11 is 4.87. The highest BCUT2D eigenvalue weighted by molar-refractivity contribution is 9.10. The third kappa shape index (κ3) is 5.62. The molecule has 0 N–H and O–H groups in total. The summed E-state index contributed by atoms with van der Waals surface area (Å²) in [5, 5.41) is 0. The van der Waals surface area contributed by atoms with E-state index in [1.54, 1.807) is 84.9 Å². The van der Waals surface area contributed by atoms with E-state index in [9.17, 15) is 21.6 Å². The molecule has 182 valence electrons. The number of benzene rings is 4. The molecule has 0 bridgehead atoms. The van der Waals surface area contributed by atoms with Crippen LogP contribution in [0.4, 0.5) is 13.2 Å². The zero-order valence-electron chi connectivity index (χ0n) is 17.9. The van der Waals surface area contributed by atoms with E-state index >= 15 is 0 Å². The van der Waals surface area contributed by atoms with Crippen LogP contribution in [-0.4, -0.2) is 13.9 Å². The van der Waals surface area contributed by atoms with Crippen molar-refractivity contribution in [1.29, 1.82) is 0 Å². The molecule has 0 unspecified atom stereocenters. The molecule has 0 heterocycles. The van der Waals surface area contributed by atoms with E-state index in [0.29, 0.717) is 14.7 Å². The number of halogens is 4. The molecule has 0 radical (unpaired) electrons. The van der Waals surface area contributed by atoms with Crippen molar-refractivity contribution in [2.24, 2.45) is 0 Å². The monoisotopic (exact) mass is 598 g/mol. The van der Waals surface area contributed by atoms with Crippen LogP contribution < -0.4 is 0 Å². The van der Waals surface area contributed by atoms with Gasteiger partial charge in [-0.25, -0.2) is 0 Å². The van der Waals surface area contributed by atoms with E-state index < -0.39 is 25.9 Å². The molecule has 10 heteroatoms. The van der Waals surface area contributed by atoms with E-state index in [1.807, 2.05) is 24.3 Å². The third-order valence-corrected chi connectivity index (χ3v) is 11.3. The molecule has 0 aromatic heterocycles. The third-order valence-electron chi connectivity index (χ3n) is 4.83. The first-order valence-electron chi connectivity index (χ1n) is 10.1. The molecule has 0 fully saturated rings. The van der Waals surface area contributed by atoms with Crippen molar-refractivity contribution < 1.29 is 25.2 Å². The Bertz CT molecular complexity index is 1340. The second-order valence-corrected chi connectivity index (χ2v) is 13.7. The molecule has 0 amide bonds. The first-order valence-corrected chi connectivity index (χ1v) is 14.7. The SMILES string of the molecule is O=S(=O)(OS(c1ccccc1)(c1ccccc1)c1ccc(Sc2ccc(Br)cc2)cc1)C(F)(F)F. The average Bonchev–Trinajstić information content (AvgIpc) is 2.85. The lowest BCUT2D eigenvalue weighted by Crippen LogP contribution is -2.27. The fraction of sp³-hybridized carbons (Fsp3) is 0.0400. The number of rotatable bonds is 7. The summed E-state index contributed by atoms with van der Waals surface area (Å²) in [6.07, 6.45) is 0. The Morgan fingerprint density at radius 3 is 1.46 bits per heavy atom. The minimum atomic E-state index is -5.94. The predicted molar refractivity (Wildman–Crippen MR) is 136 cm³/mol. The van der Waals surface area contributed by atoms with Gasteiger partial charge in [-0.1, -0.05) is 64.1 Å². The van der Waals surface area contributed by atoms with Gasteiger partial charge in [0.2, 0.25) is 0 Å². The van der Waals surface area contributed by atoms with Gasteiger partial charge in [0.1, 0.15) is 0 Å². The standard InChI is InChI=1S/C25H18BrF3O3S3/c26-19-11-13-20(14-12-19)33-21-15-17-24(18-16-21)34(22-7-3-1-4-8-22,23-9-5-2-6-10-23)32-35(30,31)25(27,28)29/h1-18H. The predicted octanol–water partition coefficient (Wildman–Crippen LogP) is 8.66. The normalized spacial score (nSPS) is 12.9. The molecule has 3 nitrogen and oxygen atoms in total. The van der Waals surface area contributed by atoms with Gasteiger partial charge in [0, 0.05) is 29.0 Å². The van der Waals surface area contributed by atoms with Crippen molar-refractivity contribution in [3.63, 3.8) is 0 Å². The maximum atomic E-state index is 13.5. The van der Waals surface area contributed by atoms with Crippen LogP contribution in [0, 0.1) is 0 Å². The highest BCUT2D eigenvalue weighted by Crippen LogP contribution is 2.70. The van der Waals surface area contributed by atoms with Gasteiger partial charge in [-0.2, -0.15) is 25.2 Å². The molecule has 35 heavy (non-hydrogen) atoms. The Morgan fingerprint density at radius 1 is 0.629 bits per heavy atom. The Hall–Kier alpha value is -2.24. The highest BCUT2D eigenvalue weighted by Gasteiger charge is 2.52. The molecule has 4 aromatic carbocycles. The van der Waals surface area contributed by atoms with Crippen molar-refractivity contribution in [1.82, 2.24) is 0 Å². The van der Waals surface area contributed by atoms with Gasteiger partial charge >= 0.3 is 15.6 Å². The zero-order chi connectivity index (χ0) is 25.1. The highest BCUT2D eigenvalue weighted by atomic mass is 79.9. The fourth-order valence-corrected chi connectivity index (χ4v) is 9.09. The van der Waals surface area contributed by atoms with Crippen LogP contribution in [0.1, 0.15) is 0 Å². The maximum absolute atomic E-state index is 13.5. The van der Waals surface area contributed by atoms with Crippen LogP contribution in [0.25, 0.3) is 0 Å². The van der Waals surface area contributed by atoms with Crippen molar-refractivity contribution >= 4 is 48.1 Å². The summed E-state index contributed by atoms with van der Waals surface area (Å²) in [4.78, 5) is 2.79. The molecule has 0 saturated heterocycles. The summed E-state index contributed by atoms with van der Waals surface area (Å²) < 4.78 is 71.6. The largest absolute Gasteiger partial charge is 0.524 e. The smallest absolute Gasteiger partial charge is 0.200 e. The molecule has 0 aliphatic carbocycles. The zero-order valence-corrected chi connectivity index (χ0v) is 21.9. The van der Waals surface area contributed by atoms with Gasteiger partial charge in [0.25, 0.3) is 0 Å². The maximum Gasteiger partial charge on any atom is 0.524 e. The van der Waals surface area contributed by atoms with E-state index in [4.69, 9.17) is 3.63 Å². The van der Waals surface area contributed by atoms with Gasteiger partial charge in [0.05, 0.1) is 0 Å². The summed E-state index contributed by atoms with van der Waals surface area (Å²) in [7, 11) is -9.23. The van der Waals surface area contributed by atoms with Crippen molar-refractivity contribution in [2.45, 2.75) is 30.0 Å². The van der Waals surface area contributed by atoms with Crippen LogP contribution >= 0.6 is 38.0 Å². The second-order valence-electron chi connectivity index (χ2n) is 7.18. The van der Waals surface area contributed by atoms with Crippen LogP contribution in [0.3, 0.4) is 0 Å². The molecular formula is C25H18BrF3O3S3. The average molecular weight is 600 g/mol. The van der Waals surface area contributed by atoms with E-state index in [0.717, 1.165) is 14.3 Å².